The number of benzene rings is 1. The predicted octanol–water partition coefficient (Wildman–Crippen LogP) is 3.95. The highest BCUT2D eigenvalue weighted by Gasteiger charge is 2.38. The minimum absolute atomic E-state index is 0.0455. The van der Waals surface area contributed by atoms with Crippen LogP contribution in [0.2, 0.25) is 0 Å². The zero-order valence-electron chi connectivity index (χ0n) is 14.2. The molecule has 1 aromatic rings. The Hall–Kier alpha value is -1.78. The minimum atomic E-state index is -1.28. The Bertz CT molecular complexity index is 569. The molecular formula is C18H27FN2O2. The highest BCUT2D eigenvalue weighted by Crippen LogP contribution is 2.38. The second-order valence-electron chi connectivity index (χ2n) is 6.94. The third kappa shape index (κ3) is 3.95. The molecule has 128 valence electrons. The van der Waals surface area contributed by atoms with Crippen LogP contribution in [0.3, 0.4) is 0 Å². The minimum Gasteiger partial charge on any atom is -0.481 e. The number of carbonyl (C=O) groups is 1. The number of anilines is 2. The van der Waals surface area contributed by atoms with Gasteiger partial charge in [0, 0.05) is 6.54 Å². The number of hydrogen-bond acceptors (Lipinski definition) is 3. The van der Waals surface area contributed by atoms with Crippen molar-refractivity contribution >= 4 is 17.3 Å². The van der Waals surface area contributed by atoms with E-state index < -0.39 is 11.6 Å². The van der Waals surface area contributed by atoms with Crippen LogP contribution >= 0.6 is 0 Å². The van der Waals surface area contributed by atoms with E-state index in [2.05, 4.69) is 4.90 Å². The van der Waals surface area contributed by atoms with Crippen LogP contribution in [0.5, 0.6) is 0 Å². The van der Waals surface area contributed by atoms with Gasteiger partial charge in [0.05, 0.1) is 23.8 Å². The molecule has 0 spiro atoms. The molecule has 0 saturated carbocycles. The van der Waals surface area contributed by atoms with E-state index in [1.165, 1.54) is 0 Å². The summed E-state index contributed by atoms with van der Waals surface area (Å²) in [4.78, 5) is 13.0. The third-order valence-electron chi connectivity index (χ3n) is 4.79. The predicted molar refractivity (Wildman–Crippen MR) is 91.7 cm³/mol. The molecule has 2 atom stereocenters. The summed E-state index contributed by atoms with van der Waals surface area (Å²) in [5.74, 6) is -0.853. The van der Waals surface area contributed by atoms with Crippen LogP contribution < -0.4 is 10.6 Å². The van der Waals surface area contributed by atoms with Crippen LogP contribution in [-0.2, 0) is 4.79 Å². The van der Waals surface area contributed by atoms with Crippen molar-refractivity contribution in [3.8, 4) is 0 Å². The van der Waals surface area contributed by atoms with E-state index in [9.17, 15) is 9.18 Å². The van der Waals surface area contributed by atoms with E-state index in [0.717, 1.165) is 37.1 Å². The first kappa shape index (κ1) is 17.6. The van der Waals surface area contributed by atoms with Gasteiger partial charge in [-0.05, 0) is 56.7 Å². The van der Waals surface area contributed by atoms with Crippen molar-refractivity contribution in [3.05, 3.63) is 23.8 Å². The van der Waals surface area contributed by atoms with Crippen molar-refractivity contribution in [1.29, 1.82) is 0 Å². The van der Waals surface area contributed by atoms with Crippen molar-refractivity contribution in [3.63, 3.8) is 0 Å². The summed E-state index contributed by atoms with van der Waals surface area (Å²) in [7, 11) is 0. The SMILES string of the molecule is CCC(CC(=O)O)c1ccc(N2CCCC2C(C)(C)F)c(N)c1. The number of hydrogen-bond donors (Lipinski definition) is 2. The van der Waals surface area contributed by atoms with Crippen molar-refractivity contribution in [2.45, 2.75) is 64.1 Å². The van der Waals surface area contributed by atoms with Crippen LogP contribution in [0.25, 0.3) is 0 Å². The maximum Gasteiger partial charge on any atom is 0.303 e. The third-order valence-corrected chi connectivity index (χ3v) is 4.79. The summed E-state index contributed by atoms with van der Waals surface area (Å²) in [5, 5.41) is 9.02. The van der Waals surface area contributed by atoms with Crippen molar-refractivity contribution < 1.29 is 14.3 Å². The lowest BCUT2D eigenvalue weighted by atomic mass is 9.92. The number of rotatable bonds is 6. The Morgan fingerprint density at radius 2 is 2.22 bits per heavy atom. The second-order valence-corrected chi connectivity index (χ2v) is 6.94. The molecule has 1 saturated heterocycles. The first-order valence-corrected chi connectivity index (χ1v) is 8.30. The standard InChI is InChI=1S/C18H27FN2O2/c1-4-12(11-17(22)23)13-7-8-15(14(20)10-13)21-9-5-6-16(21)18(2,3)19/h7-8,10,12,16H,4-6,9,11,20H2,1-3H3,(H,22,23). The van der Waals surface area contributed by atoms with E-state index in [1.54, 1.807) is 13.8 Å². The molecule has 1 aliphatic rings. The summed E-state index contributed by atoms with van der Waals surface area (Å²) in [6, 6.07) is 5.53. The van der Waals surface area contributed by atoms with E-state index in [1.807, 2.05) is 25.1 Å². The number of nitrogens with two attached hydrogens (primary N) is 1. The molecule has 0 radical (unpaired) electrons. The summed E-state index contributed by atoms with van der Waals surface area (Å²) in [6.07, 6.45) is 2.62. The molecule has 0 aliphatic carbocycles. The summed E-state index contributed by atoms with van der Waals surface area (Å²) in [5.41, 5.74) is 7.33. The zero-order chi connectivity index (χ0) is 17.2. The summed E-state index contributed by atoms with van der Waals surface area (Å²) >= 11 is 0. The van der Waals surface area contributed by atoms with Gasteiger partial charge >= 0.3 is 5.97 Å². The number of carboxylic acid groups (broad SMARTS) is 1. The number of nitrogens with zero attached hydrogens (tertiary/aromatic N) is 1. The number of carboxylic acids is 1. The fraction of sp³-hybridized carbons (Fsp3) is 0.611. The number of aliphatic carboxylic acids is 1. The van der Waals surface area contributed by atoms with Crippen LogP contribution in [0.15, 0.2) is 18.2 Å². The number of alkyl halides is 1. The molecule has 0 amide bonds. The second kappa shape index (κ2) is 6.77. The molecule has 1 heterocycles. The zero-order valence-corrected chi connectivity index (χ0v) is 14.2. The van der Waals surface area contributed by atoms with Crippen LogP contribution in [0, 0.1) is 0 Å². The Balaban J connectivity index is 2.27. The average molecular weight is 322 g/mol. The molecule has 1 aromatic carbocycles. The molecule has 3 N–H and O–H groups in total. The van der Waals surface area contributed by atoms with E-state index in [-0.39, 0.29) is 18.4 Å². The monoisotopic (exact) mass is 322 g/mol. The lowest BCUT2D eigenvalue weighted by molar-refractivity contribution is -0.137. The molecule has 23 heavy (non-hydrogen) atoms. The van der Waals surface area contributed by atoms with Gasteiger partial charge in [0.25, 0.3) is 0 Å². The van der Waals surface area contributed by atoms with Crippen molar-refractivity contribution in [2.75, 3.05) is 17.2 Å². The Morgan fingerprint density at radius 3 is 2.74 bits per heavy atom. The molecule has 2 unspecified atom stereocenters. The van der Waals surface area contributed by atoms with Crippen LogP contribution in [0.4, 0.5) is 15.8 Å². The Labute approximate surface area is 137 Å². The van der Waals surface area contributed by atoms with Gasteiger partial charge in [-0.1, -0.05) is 13.0 Å². The van der Waals surface area contributed by atoms with Crippen molar-refractivity contribution in [1.82, 2.24) is 0 Å². The number of nitrogen functional groups attached to an aromatic ring is 1. The van der Waals surface area contributed by atoms with Gasteiger partial charge < -0.3 is 15.7 Å². The van der Waals surface area contributed by atoms with Gasteiger partial charge in [-0.3, -0.25) is 4.79 Å². The smallest absolute Gasteiger partial charge is 0.303 e. The van der Waals surface area contributed by atoms with Gasteiger partial charge in [0.15, 0.2) is 0 Å². The lowest BCUT2D eigenvalue weighted by Gasteiger charge is -2.34. The van der Waals surface area contributed by atoms with E-state index >= 15 is 0 Å². The molecule has 1 aliphatic heterocycles. The van der Waals surface area contributed by atoms with Crippen LogP contribution in [-0.4, -0.2) is 29.3 Å². The molecule has 5 heteroatoms. The first-order chi connectivity index (χ1) is 10.7. The topological polar surface area (TPSA) is 66.6 Å². The maximum atomic E-state index is 14.4. The van der Waals surface area contributed by atoms with Gasteiger partial charge in [-0.2, -0.15) is 0 Å². The van der Waals surface area contributed by atoms with Gasteiger partial charge in [-0.15, -0.1) is 0 Å². The molecule has 0 bridgehead atoms. The molecule has 4 nitrogen and oxygen atoms in total. The maximum absolute atomic E-state index is 14.4. The normalized spacial score (nSPS) is 19.8. The highest BCUT2D eigenvalue weighted by molar-refractivity contribution is 5.71. The fourth-order valence-electron chi connectivity index (χ4n) is 3.57. The average Bonchev–Trinajstić information content (AvgIpc) is 2.93. The lowest BCUT2D eigenvalue weighted by Crippen LogP contribution is -2.43. The fourth-order valence-corrected chi connectivity index (χ4v) is 3.57. The Morgan fingerprint density at radius 1 is 1.52 bits per heavy atom. The van der Waals surface area contributed by atoms with Gasteiger partial charge in [-0.25, -0.2) is 4.39 Å². The highest BCUT2D eigenvalue weighted by atomic mass is 19.1. The summed E-state index contributed by atoms with van der Waals surface area (Å²) < 4.78 is 14.4. The largest absolute Gasteiger partial charge is 0.481 e. The van der Waals surface area contributed by atoms with Gasteiger partial charge in [0.2, 0.25) is 0 Å². The van der Waals surface area contributed by atoms with Crippen LogP contribution in [0.1, 0.15) is 57.9 Å². The molecular weight excluding hydrogens is 295 g/mol. The van der Waals surface area contributed by atoms with E-state index in [0.29, 0.717) is 5.69 Å². The van der Waals surface area contributed by atoms with Crippen molar-refractivity contribution in [2.24, 2.45) is 0 Å². The molecule has 1 fully saturated rings. The van der Waals surface area contributed by atoms with E-state index in [4.69, 9.17) is 10.8 Å². The Kier molecular flexibility index (Phi) is 5.17. The summed E-state index contributed by atoms with van der Waals surface area (Å²) in [6.45, 7) is 5.99. The number of halogens is 1. The molecule has 0 aromatic heterocycles. The quantitative estimate of drug-likeness (QED) is 0.778. The first-order valence-electron chi connectivity index (χ1n) is 8.30. The molecule has 2 rings (SSSR count). The van der Waals surface area contributed by atoms with Gasteiger partial charge in [0.1, 0.15) is 5.67 Å².